The summed E-state index contributed by atoms with van der Waals surface area (Å²) in [7, 11) is 9.04. The fourth-order valence-electron chi connectivity index (χ4n) is 0.706. The van der Waals surface area contributed by atoms with Crippen LogP contribution in [0.25, 0.3) is 0 Å². The Labute approximate surface area is 205 Å². The monoisotopic (exact) mass is 467 g/mol. The molecule has 0 amide bonds. The zero-order valence-corrected chi connectivity index (χ0v) is 25.2. The Balaban J connectivity index is -0.0000000460. The summed E-state index contributed by atoms with van der Waals surface area (Å²) in [4.78, 5) is 22.0. The molecule has 0 bridgehead atoms. The van der Waals surface area contributed by atoms with Crippen LogP contribution in [0.2, 0.25) is 0 Å². The smallest absolute Gasteiger partial charge is 0.129 e. The number of ether oxygens (including phenoxy) is 2. The van der Waals surface area contributed by atoms with E-state index in [0.717, 1.165) is 26.0 Å². The number of unbranched alkanes of at least 4 members (excludes halogenated alkanes) is 3. The summed E-state index contributed by atoms with van der Waals surface area (Å²) in [5, 5.41) is 0. The molecule has 0 heterocycles. The van der Waals surface area contributed by atoms with E-state index in [0.29, 0.717) is 6.42 Å². The summed E-state index contributed by atoms with van der Waals surface area (Å²) in [6, 6.07) is 0. The molecule has 202 valence electrons. The number of methoxy groups -OCH3 is 2. The van der Waals surface area contributed by atoms with Gasteiger partial charge >= 0.3 is 0 Å². The lowest BCUT2D eigenvalue weighted by atomic mass is 10.3. The first-order chi connectivity index (χ1) is 15.0. The number of nitrogens with zero attached hydrogens (tertiary/aromatic N) is 1. The molecule has 0 aliphatic carbocycles. The van der Waals surface area contributed by atoms with Crippen molar-refractivity contribution in [2.45, 2.75) is 121 Å². The van der Waals surface area contributed by atoms with Gasteiger partial charge < -0.3 is 24.0 Å². The Bertz CT molecular complexity index is 260. The maximum Gasteiger partial charge on any atom is 0.129 e. The van der Waals surface area contributed by atoms with Crippen molar-refractivity contribution in [3.05, 3.63) is 0 Å². The summed E-state index contributed by atoms with van der Waals surface area (Å²) in [6.45, 7) is 21.9. The molecule has 0 unspecified atom stereocenters. The Morgan fingerprint density at radius 3 is 0.938 bits per heavy atom. The highest BCUT2D eigenvalue weighted by Gasteiger charge is 1.83. The molecule has 0 N–H and O–H groups in total. The van der Waals surface area contributed by atoms with Crippen LogP contribution in [-0.4, -0.2) is 65.0 Å². The van der Waals surface area contributed by atoms with Crippen molar-refractivity contribution in [1.29, 1.82) is 0 Å². The second-order valence-corrected chi connectivity index (χ2v) is 7.24. The van der Waals surface area contributed by atoms with Crippen LogP contribution in [0.5, 0.6) is 0 Å². The van der Waals surface area contributed by atoms with Gasteiger partial charge in [-0.25, -0.2) is 0 Å². The van der Waals surface area contributed by atoms with Gasteiger partial charge in [0, 0.05) is 40.8 Å². The Kier molecular flexibility index (Phi) is 95.9. The second kappa shape index (κ2) is 63.1. The van der Waals surface area contributed by atoms with Gasteiger partial charge in [-0.05, 0) is 47.8 Å². The van der Waals surface area contributed by atoms with E-state index in [9.17, 15) is 9.59 Å². The molecule has 0 radical (unpaired) electrons. The third kappa shape index (κ3) is 223. The highest BCUT2D eigenvalue weighted by Crippen LogP contribution is 1.88. The van der Waals surface area contributed by atoms with E-state index in [1.54, 1.807) is 35.2 Å². The van der Waals surface area contributed by atoms with E-state index < -0.39 is 0 Å². The predicted molar refractivity (Wildman–Crippen MR) is 147 cm³/mol. The van der Waals surface area contributed by atoms with Crippen LogP contribution >= 0.6 is 0 Å². The number of Topliss-reactive ketones (excluding diaryl/α,β-unsaturated/α-hetero) is 2. The van der Waals surface area contributed by atoms with Crippen molar-refractivity contribution < 1.29 is 19.1 Å². The molecule has 0 aliphatic heterocycles. The molecular formula is C27H65NO4. The quantitative estimate of drug-likeness (QED) is 0.364. The van der Waals surface area contributed by atoms with Crippen molar-refractivity contribution in [3.63, 3.8) is 0 Å². The molecule has 0 rings (SSSR count). The van der Waals surface area contributed by atoms with Crippen LogP contribution < -0.4 is 0 Å². The van der Waals surface area contributed by atoms with Crippen molar-refractivity contribution in [2.75, 3.05) is 48.6 Å². The molecule has 0 saturated heterocycles. The third-order valence-corrected chi connectivity index (χ3v) is 3.23. The summed E-state index contributed by atoms with van der Waals surface area (Å²) < 4.78 is 8.79. The van der Waals surface area contributed by atoms with Crippen LogP contribution in [0.15, 0.2) is 0 Å². The molecule has 0 saturated carbocycles. The minimum atomic E-state index is 0.255. The lowest BCUT2D eigenvalue weighted by Crippen LogP contribution is -2.08. The second-order valence-electron chi connectivity index (χ2n) is 7.24. The van der Waals surface area contributed by atoms with Gasteiger partial charge in [0.1, 0.15) is 11.6 Å². The molecular weight excluding hydrogens is 402 g/mol. The first kappa shape index (κ1) is 48.6. The average Bonchev–Trinajstić information content (AvgIpc) is 2.76. The molecule has 5 heteroatoms. The van der Waals surface area contributed by atoms with E-state index in [1.165, 1.54) is 32.1 Å². The van der Waals surface area contributed by atoms with Crippen LogP contribution in [-0.2, 0) is 19.1 Å². The number of carbonyl (C=O) groups is 2. The molecule has 5 nitrogen and oxygen atoms in total. The molecule has 0 atom stereocenters. The van der Waals surface area contributed by atoms with Gasteiger partial charge in [-0.2, -0.15) is 0 Å². The lowest BCUT2D eigenvalue weighted by Gasteiger charge is -2.00. The molecule has 32 heavy (non-hydrogen) atoms. The molecule has 0 aromatic rings. The largest absolute Gasteiger partial charge is 0.388 e. The summed E-state index contributed by atoms with van der Waals surface area (Å²) in [5.41, 5.74) is 0. The fraction of sp³-hybridized carbons (Fsp3) is 0.926. The number of hydrogen-bond acceptors (Lipinski definition) is 5. The Morgan fingerprint density at radius 1 is 0.656 bits per heavy atom. The number of rotatable bonds is 8. The van der Waals surface area contributed by atoms with E-state index in [1.807, 2.05) is 20.8 Å². The van der Waals surface area contributed by atoms with Gasteiger partial charge in [0.2, 0.25) is 0 Å². The zero-order valence-electron chi connectivity index (χ0n) is 25.2. The number of hydrogen-bond donors (Lipinski definition) is 0. The Hall–Kier alpha value is -0.780. The minimum Gasteiger partial charge on any atom is -0.388 e. The number of carbonyl (C=O) groups excluding carboxylic acids is 2. The van der Waals surface area contributed by atoms with E-state index in [4.69, 9.17) is 0 Å². The molecule has 0 aromatic carbocycles. The maximum atomic E-state index is 10.0. The average molecular weight is 468 g/mol. The van der Waals surface area contributed by atoms with Gasteiger partial charge in [-0.15, -0.1) is 0 Å². The highest BCUT2D eigenvalue weighted by atomic mass is 16.5. The van der Waals surface area contributed by atoms with E-state index >= 15 is 0 Å². The van der Waals surface area contributed by atoms with Crippen LogP contribution in [0.3, 0.4) is 0 Å². The summed E-state index contributed by atoms with van der Waals surface area (Å²) in [6.07, 6.45) is 9.10. The van der Waals surface area contributed by atoms with Gasteiger partial charge in [0.15, 0.2) is 0 Å². The minimum absolute atomic E-state index is 0.255. The SMILES string of the molecule is CCC(C)=O.CCCC.CCCC(C)=O.CCCCC.CCN(C)C.CCOC.COC. The third-order valence-electron chi connectivity index (χ3n) is 3.23. The van der Waals surface area contributed by atoms with Crippen molar-refractivity contribution in [2.24, 2.45) is 0 Å². The predicted octanol–water partition coefficient (Wildman–Crippen LogP) is 7.85. The fourth-order valence-corrected chi connectivity index (χ4v) is 0.706. The van der Waals surface area contributed by atoms with Gasteiger partial charge in [-0.1, -0.05) is 80.6 Å². The molecule has 0 spiro atoms. The van der Waals surface area contributed by atoms with Gasteiger partial charge in [0.05, 0.1) is 0 Å². The Morgan fingerprint density at radius 2 is 0.938 bits per heavy atom. The van der Waals surface area contributed by atoms with E-state index in [-0.39, 0.29) is 11.6 Å². The zero-order chi connectivity index (χ0) is 27.2. The summed E-state index contributed by atoms with van der Waals surface area (Å²) in [5.74, 6) is 0.544. The van der Waals surface area contributed by atoms with Crippen LogP contribution in [0, 0.1) is 0 Å². The van der Waals surface area contributed by atoms with Crippen molar-refractivity contribution >= 4 is 11.6 Å². The van der Waals surface area contributed by atoms with Crippen molar-refractivity contribution in [3.8, 4) is 0 Å². The lowest BCUT2D eigenvalue weighted by molar-refractivity contribution is -0.117. The molecule has 0 fully saturated rings. The molecule has 0 aliphatic rings. The summed E-state index contributed by atoms with van der Waals surface area (Å²) >= 11 is 0. The van der Waals surface area contributed by atoms with Crippen LogP contribution in [0.1, 0.15) is 121 Å². The van der Waals surface area contributed by atoms with Crippen molar-refractivity contribution in [1.82, 2.24) is 4.90 Å². The normalized spacial score (nSPS) is 8.00. The van der Waals surface area contributed by atoms with Gasteiger partial charge in [0.25, 0.3) is 0 Å². The van der Waals surface area contributed by atoms with Crippen LogP contribution in [0.4, 0.5) is 0 Å². The highest BCUT2D eigenvalue weighted by molar-refractivity contribution is 5.75. The standard InChI is InChI=1S/C5H10O.C5H12.C4H11N.C4H8O.C4H10.C3H8O.C2H6O/c1-3-4-5(2)6;1-3-5-4-2;1-4-5(2)3;1-3-4(2)5;2*1-3-4-2;1-3-2/h3-4H2,1-2H3;3-5H2,1-2H3;4H2,1-3H3;3H2,1-2H3;3-4H2,1-2H3;3H2,1-2H3;1-2H3. The van der Waals surface area contributed by atoms with E-state index in [2.05, 4.69) is 63.1 Å². The topological polar surface area (TPSA) is 55.8 Å². The van der Waals surface area contributed by atoms with Gasteiger partial charge in [-0.3, -0.25) is 0 Å². The molecule has 0 aromatic heterocycles. The number of ketones is 2. The first-order valence-corrected chi connectivity index (χ1v) is 12.5. The maximum absolute atomic E-state index is 10.0. The first-order valence-electron chi connectivity index (χ1n) is 12.5.